The molecule has 0 fully saturated rings. The molecule has 0 spiro atoms. The molecule has 1 amide bonds. The van der Waals surface area contributed by atoms with Crippen LogP contribution in [0.25, 0.3) is 0 Å². The van der Waals surface area contributed by atoms with Crippen molar-refractivity contribution in [2.24, 2.45) is 5.92 Å². The first-order valence-corrected chi connectivity index (χ1v) is 6.87. The predicted octanol–water partition coefficient (Wildman–Crippen LogP) is 2.49. The van der Waals surface area contributed by atoms with Gasteiger partial charge in [0.05, 0.1) is 6.04 Å². The lowest BCUT2D eigenvalue weighted by atomic mass is 9.95. The minimum Gasteiger partial charge on any atom is -0.342 e. The molecule has 0 radical (unpaired) electrons. The average molecular weight is 272 g/mol. The number of benzene rings is 1. The number of aryl methyl sites for hydroxylation is 1. The molecule has 0 saturated carbocycles. The maximum Gasteiger partial charge on any atom is 0.289 e. The van der Waals surface area contributed by atoms with Gasteiger partial charge in [0.1, 0.15) is 6.33 Å². The second kappa shape index (κ2) is 6.32. The fourth-order valence-electron chi connectivity index (χ4n) is 2.12. The maximum atomic E-state index is 12.1. The molecule has 5 nitrogen and oxygen atoms in total. The van der Waals surface area contributed by atoms with Gasteiger partial charge in [-0.15, -0.1) is 0 Å². The van der Waals surface area contributed by atoms with Crippen LogP contribution in [0.15, 0.2) is 30.6 Å². The summed E-state index contributed by atoms with van der Waals surface area (Å²) in [5.74, 6) is 0.288. The van der Waals surface area contributed by atoms with Crippen LogP contribution in [-0.2, 0) is 6.42 Å². The van der Waals surface area contributed by atoms with Crippen LogP contribution in [0.5, 0.6) is 0 Å². The van der Waals surface area contributed by atoms with E-state index in [1.54, 1.807) is 0 Å². The molecular weight excluding hydrogens is 252 g/mol. The summed E-state index contributed by atoms with van der Waals surface area (Å²) >= 11 is 0. The second-order valence-corrected chi connectivity index (χ2v) is 5.12. The second-order valence-electron chi connectivity index (χ2n) is 5.12. The fourth-order valence-corrected chi connectivity index (χ4v) is 2.12. The Morgan fingerprint density at radius 2 is 2.00 bits per heavy atom. The number of aromatic amines is 1. The highest BCUT2D eigenvalue weighted by molar-refractivity contribution is 5.90. The number of carbonyl (C=O) groups is 1. The molecule has 1 atom stereocenters. The summed E-state index contributed by atoms with van der Waals surface area (Å²) in [7, 11) is 0. The Bertz CT molecular complexity index is 546. The van der Waals surface area contributed by atoms with Gasteiger partial charge < -0.3 is 5.32 Å². The van der Waals surface area contributed by atoms with Crippen LogP contribution < -0.4 is 5.32 Å². The molecule has 1 aromatic carbocycles. The summed E-state index contributed by atoms with van der Waals surface area (Å²) in [4.78, 5) is 15.9. The van der Waals surface area contributed by atoms with Crippen LogP contribution in [0.3, 0.4) is 0 Å². The van der Waals surface area contributed by atoms with Crippen molar-refractivity contribution in [1.29, 1.82) is 0 Å². The highest BCUT2D eigenvalue weighted by atomic mass is 16.2. The van der Waals surface area contributed by atoms with Crippen LogP contribution in [0, 0.1) is 5.92 Å². The van der Waals surface area contributed by atoms with Gasteiger partial charge in [-0.1, -0.05) is 45.0 Å². The zero-order valence-electron chi connectivity index (χ0n) is 12.1. The summed E-state index contributed by atoms with van der Waals surface area (Å²) in [6, 6.07) is 8.31. The SMILES string of the molecule is CCc1ccc(C(NC(=O)c2ncn[nH]2)C(C)C)cc1. The van der Waals surface area contributed by atoms with Crippen molar-refractivity contribution in [2.45, 2.75) is 33.2 Å². The van der Waals surface area contributed by atoms with Gasteiger partial charge in [-0.3, -0.25) is 9.89 Å². The molecule has 2 rings (SSSR count). The summed E-state index contributed by atoms with van der Waals surface area (Å²) in [5.41, 5.74) is 2.39. The lowest BCUT2D eigenvalue weighted by Crippen LogP contribution is -2.32. The fraction of sp³-hybridized carbons (Fsp3) is 0.400. The first-order valence-electron chi connectivity index (χ1n) is 6.87. The Kier molecular flexibility index (Phi) is 4.50. The molecule has 0 aliphatic rings. The molecule has 5 heteroatoms. The van der Waals surface area contributed by atoms with Crippen LogP contribution in [-0.4, -0.2) is 21.1 Å². The van der Waals surface area contributed by atoms with Crippen LogP contribution in [0.1, 0.15) is 48.6 Å². The Morgan fingerprint density at radius 3 is 2.50 bits per heavy atom. The van der Waals surface area contributed by atoms with E-state index in [1.807, 2.05) is 0 Å². The van der Waals surface area contributed by atoms with Crippen molar-refractivity contribution in [2.75, 3.05) is 0 Å². The van der Waals surface area contributed by atoms with E-state index in [1.165, 1.54) is 11.9 Å². The van der Waals surface area contributed by atoms with E-state index in [2.05, 4.69) is 65.5 Å². The Labute approximate surface area is 118 Å². The first-order chi connectivity index (χ1) is 9.61. The number of carbonyl (C=O) groups excluding carboxylic acids is 1. The standard InChI is InChI=1S/C15H20N4O/c1-4-11-5-7-12(8-6-11)13(10(2)3)18-15(20)14-16-9-17-19-14/h5-10,13H,4H2,1-3H3,(H,18,20)(H,16,17,19). The summed E-state index contributed by atoms with van der Waals surface area (Å²) in [5, 5.41) is 9.27. The smallest absolute Gasteiger partial charge is 0.289 e. The zero-order chi connectivity index (χ0) is 14.5. The molecule has 0 bridgehead atoms. The third-order valence-corrected chi connectivity index (χ3v) is 3.33. The van der Waals surface area contributed by atoms with Gasteiger partial charge in [0, 0.05) is 0 Å². The summed E-state index contributed by atoms with van der Waals surface area (Å²) in [6.07, 6.45) is 2.34. The number of hydrogen-bond acceptors (Lipinski definition) is 3. The third kappa shape index (κ3) is 3.23. The van der Waals surface area contributed by atoms with Gasteiger partial charge in [-0.05, 0) is 23.5 Å². The number of H-pyrrole nitrogens is 1. The van der Waals surface area contributed by atoms with Gasteiger partial charge in [-0.2, -0.15) is 5.10 Å². The van der Waals surface area contributed by atoms with Crippen molar-refractivity contribution in [3.05, 3.63) is 47.5 Å². The average Bonchev–Trinajstić information content (AvgIpc) is 2.98. The number of nitrogens with one attached hydrogen (secondary N) is 2. The van der Waals surface area contributed by atoms with Gasteiger partial charge in [0.2, 0.25) is 5.82 Å². The van der Waals surface area contributed by atoms with Crippen molar-refractivity contribution in [3.8, 4) is 0 Å². The largest absolute Gasteiger partial charge is 0.342 e. The predicted molar refractivity (Wildman–Crippen MR) is 77.2 cm³/mol. The molecule has 20 heavy (non-hydrogen) atoms. The number of rotatable bonds is 5. The monoisotopic (exact) mass is 272 g/mol. The molecule has 2 aromatic rings. The van der Waals surface area contributed by atoms with E-state index in [-0.39, 0.29) is 23.7 Å². The molecule has 0 aliphatic carbocycles. The minimum atomic E-state index is -0.235. The molecule has 106 valence electrons. The number of nitrogens with zero attached hydrogens (tertiary/aromatic N) is 2. The molecule has 0 saturated heterocycles. The Hall–Kier alpha value is -2.17. The van der Waals surface area contributed by atoms with E-state index in [0.29, 0.717) is 0 Å². The first kappa shape index (κ1) is 14.2. The molecule has 2 N–H and O–H groups in total. The van der Waals surface area contributed by atoms with E-state index < -0.39 is 0 Å². The van der Waals surface area contributed by atoms with E-state index in [9.17, 15) is 4.79 Å². The zero-order valence-corrected chi connectivity index (χ0v) is 12.1. The van der Waals surface area contributed by atoms with Crippen LogP contribution in [0.2, 0.25) is 0 Å². The Morgan fingerprint density at radius 1 is 1.30 bits per heavy atom. The molecule has 0 aliphatic heterocycles. The molecule has 1 aromatic heterocycles. The molecule has 1 unspecified atom stereocenters. The molecular formula is C15H20N4O. The van der Waals surface area contributed by atoms with Gasteiger partial charge in [0.15, 0.2) is 0 Å². The Balaban J connectivity index is 2.16. The minimum absolute atomic E-state index is 0.0430. The number of aromatic nitrogens is 3. The van der Waals surface area contributed by atoms with Crippen LogP contribution in [0.4, 0.5) is 0 Å². The lowest BCUT2D eigenvalue weighted by molar-refractivity contribution is 0.0915. The molecule has 1 heterocycles. The summed E-state index contributed by atoms with van der Waals surface area (Å²) in [6.45, 7) is 6.29. The van der Waals surface area contributed by atoms with Crippen LogP contribution >= 0.6 is 0 Å². The van der Waals surface area contributed by atoms with Gasteiger partial charge in [0.25, 0.3) is 5.91 Å². The van der Waals surface area contributed by atoms with Crippen molar-refractivity contribution < 1.29 is 4.79 Å². The topological polar surface area (TPSA) is 70.7 Å². The van der Waals surface area contributed by atoms with Crippen molar-refractivity contribution >= 4 is 5.91 Å². The highest BCUT2D eigenvalue weighted by Gasteiger charge is 2.20. The van der Waals surface area contributed by atoms with Gasteiger partial charge in [-0.25, -0.2) is 4.98 Å². The lowest BCUT2D eigenvalue weighted by Gasteiger charge is -2.22. The van der Waals surface area contributed by atoms with E-state index in [4.69, 9.17) is 0 Å². The van der Waals surface area contributed by atoms with Crippen molar-refractivity contribution in [1.82, 2.24) is 20.5 Å². The maximum absolute atomic E-state index is 12.1. The van der Waals surface area contributed by atoms with Crippen molar-refractivity contribution in [3.63, 3.8) is 0 Å². The van der Waals surface area contributed by atoms with Gasteiger partial charge >= 0.3 is 0 Å². The normalized spacial score (nSPS) is 12.4. The highest BCUT2D eigenvalue weighted by Crippen LogP contribution is 2.22. The number of amides is 1. The van der Waals surface area contributed by atoms with E-state index in [0.717, 1.165) is 12.0 Å². The summed E-state index contributed by atoms with van der Waals surface area (Å²) < 4.78 is 0. The quantitative estimate of drug-likeness (QED) is 0.878. The number of hydrogen-bond donors (Lipinski definition) is 2. The van der Waals surface area contributed by atoms with E-state index >= 15 is 0 Å². The third-order valence-electron chi connectivity index (χ3n) is 3.33.